The van der Waals surface area contributed by atoms with Gasteiger partial charge in [-0.05, 0) is 31.2 Å². The minimum atomic E-state index is -2.25. The average Bonchev–Trinajstić information content (AvgIpc) is 2.20. The Kier molecular flexibility index (Phi) is 4.50. The van der Waals surface area contributed by atoms with Crippen LogP contribution in [0.5, 0.6) is 0 Å². The van der Waals surface area contributed by atoms with E-state index in [1.807, 2.05) is 13.8 Å². The van der Waals surface area contributed by atoms with E-state index in [2.05, 4.69) is 12.2 Å². The Morgan fingerprint density at radius 2 is 2.07 bits per heavy atom. The SMILES string of the molecule is CCCNC1(C(F)F)CCCC(C)C1C. The molecule has 1 aliphatic rings. The van der Waals surface area contributed by atoms with Crippen molar-refractivity contribution in [1.29, 1.82) is 0 Å². The maximum atomic E-state index is 13.3. The number of hydrogen-bond donors (Lipinski definition) is 1. The van der Waals surface area contributed by atoms with Crippen LogP contribution in [0.2, 0.25) is 0 Å². The summed E-state index contributed by atoms with van der Waals surface area (Å²) in [5, 5.41) is 3.11. The largest absolute Gasteiger partial charge is 0.306 e. The van der Waals surface area contributed by atoms with Crippen molar-refractivity contribution in [3.05, 3.63) is 0 Å². The van der Waals surface area contributed by atoms with E-state index in [4.69, 9.17) is 0 Å². The predicted molar refractivity (Wildman–Crippen MR) is 59.2 cm³/mol. The molecule has 1 rings (SSSR count). The molecule has 1 aliphatic carbocycles. The van der Waals surface area contributed by atoms with Crippen LogP contribution < -0.4 is 5.32 Å². The van der Waals surface area contributed by atoms with E-state index in [1.165, 1.54) is 0 Å². The topological polar surface area (TPSA) is 12.0 Å². The summed E-state index contributed by atoms with van der Waals surface area (Å²) in [5.41, 5.74) is -0.923. The first-order chi connectivity index (χ1) is 7.04. The number of halogens is 2. The quantitative estimate of drug-likeness (QED) is 0.763. The molecule has 3 unspecified atom stereocenters. The lowest BCUT2D eigenvalue weighted by molar-refractivity contribution is -0.0413. The second kappa shape index (κ2) is 5.24. The smallest absolute Gasteiger partial charge is 0.256 e. The summed E-state index contributed by atoms with van der Waals surface area (Å²) in [6.45, 7) is 6.78. The van der Waals surface area contributed by atoms with Gasteiger partial charge in [-0.15, -0.1) is 0 Å². The summed E-state index contributed by atoms with van der Waals surface area (Å²) < 4.78 is 26.5. The van der Waals surface area contributed by atoms with Gasteiger partial charge in [0, 0.05) is 0 Å². The number of hydrogen-bond acceptors (Lipinski definition) is 1. The van der Waals surface area contributed by atoms with Gasteiger partial charge in [-0.1, -0.05) is 33.6 Å². The molecule has 0 aromatic carbocycles. The molecule has 0 amide bonds. The Labute approximate surface area is 91.6 Å². The van der Waals surface area contributed by atoms with Crippen LogP contribution in [0.25, 0.3) is 0 Å². The van der Waals surface area contributed by atoms with Crippen LogP contribution in [0, 0.1) is 11.8 Å². The molecule has 1 saturated carbocycles. The molecule has 0 heterocycles. The van der Waals surface area contributed by atoms with Crippen molar-refractivity contribution >= 4 is 0 Å². The lowest BCUT2D eigenvalue weighted by Crippen LogP contribution is -2.59. The average molecular weight is 219 g/mol. The van der Waals surface area contributed by atoms with Crippen LogP contribution in [0.4, 0.5) is 8.78 Å². The van der Waals surface area contributed by atoms with Crippen molar-refractivity contribution in [2.75, 3.05) is 6.54 Å². The number of nitrogens with one attached hydrogen (secondary N) is 1. The lowest BCUT2D eigenvalue weighted by atomic mass is 9.68. The van der Waals surface area contributed by atoms with Gasteiger partial charge in [-0.25, -0.2) is 8.78 Å². The van der Waals surface area contributed by atoms with Crippen molar-refractivity contribution in [3.63, 3.8) is 0 Å². The molecule has 1 N–H and O–H groups in total. The molecule has 15 heavy (non-hydrogen) atoms. The summed E-state index contributed by atoms with van der Waals surface area (Å²) in [6.07, 6.45) is 1.30. The maximum Gasteiger partial charge on any atom is 0.256 e. The Bertz CT molecular complexity index is 196. The minimum absolute atomic E-state index is 0.0674. The van der Waals surface area contributed by atoms with E-state index < -0.39 is 12.0 Å². The molecule has 3 heteroatoms. The van der Waals surface area contributed by atoms with E-state index in [0.717, 1.165) is 19.3 Å². The third-order valence-corrected chi connectivity index (χ3v) is 4.01. The maximum absolute atomic E-state index is 13.3. The third kappa shape index (κ3) is 2.49. The van der Waals surface area contributed by atoms with Crippen LogP contribution in [-0.4, -0.2) is 18.5 Å². The summed E-state index contributed by atoms with van der Waals surface area (Å²) >= 11 is 0. The van der Waals surface area contributed by atoms with E-state index in [1.54, 1.807) is 0 Å². The van der Waals surface area contributed by atoms with E-state index >= 15 is 0 Å². The minimum Gasteiger partial charge on any atom is -0.306 e. The highest BCUT2D eigenvalue weighted by molar-refractivity contribution is 4.99. The molecule has 0 bridgehead atoms. The Balaban J connectivity index is 2.77. The molecule has 1 fully saturated rings. The standard InChI is InChI=1S/C12H23F2N/c1-4-8-15-12(11(13)14)7-5-6-9(2)10(12)3/h9-11,15H,4-8H2,1-3H3. The lowest BCUT2D eigenvalue weighted by Gasteiger charge is -2.46. The van der Waals surface area contributed by atoms with E-state index in [9.17, 15) is 8.78 Å². The van der Waals surface area contributed by atoms with Gasteiger partial charge in [-0.3, -0.25) is 0 Å². The molecule has 1 nitrogen and oxygen atoms in total. The first-order valence-corrected chi connectivity index (χ1v) is 6.07. The molecule has 0 aromatic rings. The fraction of sp³-hybridized carbons (Fsp3) is 1.00. The molecule has 90 valence electrons. The van der Waals surface area contributed by atoms with Crippen molar-refractivity contribution in [1.82, 2.24) is 5.32 Å². The Hall–Kier alpha value is -0.180. The van der Waals surface area contributed by atoms with Crippen molar-refractivity contribution in [2.45, 2.75) is 58.4 Å². The third-order valence-electron chi connectivity index (χ3n) is 4.01. The van der Waals surface area contributed by atoms with E-state index in [-0.39, 0.29) is 5.92 Å². The van der Waals surface area contributed by atoms with E-state index in [0.29, 0.717) is 18.9 Å². The van der Waals surface area contributed by atoms with Crippen molar-refractivity contribution in [3.8, 4) is 0 Å². The van der Waals surface area contributed by atoms with Gasteiger partial charge in [0.1, 0.15) is 0 Å². The van der Waals surface area contributed by atoms with Crippen LogP contribution in [0.1, 0.15) is 46.5 Å². The normalized spacial score (nSPS) is 37.2. The van der Waals surface area contributed by atoms with Gasteiger partial charge in [0.25, 0.3) is 6.43 Å². The van der Waals surface area contributed by atoms with Crippen LogP contribution >= 0.6 is 0 Å². The molecule has 3 atom stereocenters. The first kappa shape index (κ1) is 12.9. The highest BCUT2D eigenvalue weighted by atomic mass is 19.3. The molecule has 0 spiro atoms. The fourth-order valence-corrected chi connectivity index (χ4v) is 2.69. The first-order valence-electron chi connectivity index (χ1n) is 6.07. The summed E-state index contributed by atoms with van der Waals surface area (Å²) in [6, 6.07) is 0. The van der Waals surface area contributed by atoms with Gasteiger partial charge in [0.2, 0.25) is 0 Å². The van der Waals surface area contributed by atoms with Gasteiger partial charge in [0.05, 0.1) is 5.54 Å². The zero-order valence-electron chi connectivity index (χ0n) is 10.0. The molecular weight excluding hydrogens is 196 g/mol. The monoisotopic (exact) mass is 219 g/mol. The molecular formula is C12H23F2N. The van der Waals surface area contributed by atoms with Crippen LogP contribution in [-0.2, 0) is 0 Å². The number of alkyl halides is 2. The molecule has 0 radical (unpaired) electrons. The van der Waals surface area contributed by atoms with Crippen molar-refractivity contribution < 1.29 is 8.78 Å². The summed E-state index contributed by atoms with van der Waals surface area (Å²) in [5.74, 6) is 0.468. The number of rotatable bonds is 4. The van der Waals surface area contributed by atoms with Crippen molar-refractivity contribution in [2.24, 2.45) is 11.8 Å². The zero-order chi connectivity index (χ0) is 11.5. The van der Waals surface area contributed by atoms with Gasteiger partial charge < -0.3 is 5.32 Å². The molecule has 0 saturated heterocycles. The zero-order valence-corrected chi connectivity index (χ0v) is 10.0. The highest BCUT2D eigenvalue weighted by Crippen LogP contribution is 2.41. The van der Waals surface area contributed by atoms with Crippen LogP contribution in [0.15, 0.2) is 0 Å². The van der Waals surface area contributed by atoms with Gasteiger partial charge >= 0.3 is 0 Å². The predicted octanol–water partition coefficient (Wildman–Crippen LogP) is 3.45. The molecule has 0 aromatic heterocycles. The second-order valence-corrected chi connectivity index (χ2v) is 4.93. The summed E-state index contributed by atoms with van der Waals surface area (Å²) in [7, 11) is 0. The Morgan fingerprint density at radius 1 is 1.40 bits per heavy atom. The molecule has 0 aliphatic heterocycles. The Morgan fingerprint density at radius 3 is 2.60 bits per heavy atom. The highest BCUT2D eigenvalue weighted by Gasteiger charge is 2.47. The second-order valence-electron chi connectivity index (χ2n) is 4.93. The van der Waals surface area contributed by atoms with Gasteiger partial charge in [0.15, 0.2) is 0 Å². The van der Waals surface area contributed by atoms with Gasteiger partial charge in [-0.2, -0.15) is 0 Å². The summed E-state index contributed by atoms with van der Waals surface area (Å²) in [4.78, 5) is 0. The van der Waals surface area contributed by atoms with Crippen LogP contribution in [0.3, 0.4) is 0 Å². The fourth-order valence-electron chi connectivity index (χ4n) is 2.69.